The molecule has 6 nitrogen and oxygen atoms in total. The van der Waals surface area contributed by atoms with Crippen LogP contribution in [0.4, 0.5) is 0 Å². The molecule has 1 fully saturated rings. The minimum atomic E-state index is -0.579. The fraction of sp³-hybridized carbons (Fsp3) is 0.421. The maximum Gasteiger partial charge on any atom is 0.252 e. The number of aromatic amines is 1. The van der Waals surface area contributed by atoms with Crippen LogP contribution < -0.4 is 10.9 Å². The van der Waals surface area contributed by atoms with E-state index in [-0.39, 0.29) is 23.8 Å². The topological polar surface area (TPSA) is 82.3 Å². The van der Waals surface area contributed by atoms with E-state index in [4.69, 9.17) is 0 Å². The van der Waals surface area contributed by atoms with E-state index in [1.165, 1.54) is 0 Å². The van der Waals surface area contributed by atoms with Crippen molar-refractivity contribution in [1.82, 2.24) is 15.2 Å². The first-order valence-corrected chi connectivity index (χ1v) is 8.73. The summed E-state index contributed by atoms with van der Waals surface area (Å²) in [5, 5.41) is 3.59. The molecule has 1 atom stereocenters. The number of fused-ring (bicyclic) bond motifs is 1. The Morgan fingerprint density at radius 2 is 1.92 bits per heavy atom. The molecule has 1 aliphatic rings. The number of hydrogen-bond donors (Lipinski definition) is 2. The Balaban J connectivity index is 1.65. The normalized spacial score (nSPS) is 15.8. The SMILES string of the molecule is C[C@@H](NC(=O)Cc1cc2ccccc2[nH]c1=O)C(=O)N1CCCCC1. The van der Waals surface area contributed by atoms with Crippen LogP contribution in [0.5, 0.6) is 0 Å². The Labute approximate surface area is 146 Å². The summed E-state index contributed by atoms with van der Waals surface area (Å²) < 4.78 is 0. The molecular weight excluding hydrogens is 318 g/mol. The molecule has 0 bridgehead atoms. The summed E-state index contributed by atoms with van der Waals surface area (Å²) in [4.78, 5) is 41.3. The van der Waals surface area contributed by atoms with Crippen LogP contribution in [0.15, 0.2) is 35.1 Å². The van der Waals surface area contributed by atoms with Crippen molar-refractivity contribution in [3.8, 4) is 0 Å². The van der Waals surface area contributed by atoms with Crippen LogP contribution in [-0.2, 0) is 16.0 Å². The highest BCUT2D eigenvalue weighted by Crippen LogP contribution is 2.11. The van der Waals surface area contributed by atoms with Crippen molar-refractivity contribution < 1.29 is 9.59 Å². The zero-order valence-corrected chi connectivity index (χ0v) is 14.4. The second-order valence-electron chi connectivity index (χ2n) is 6.56. The van der Waals surface area contributed by atoms with E-state index in [2.05, 4.69) is 10.3 Å². The average molecular weight is 341 g/mol. The van der Waals surface area contributed by atoms with Gasteiger partial charge in [-0.25, -0.2) is 0 Å². The molecule has 2 amide bonds. The maximum atomic E-state index is 12.4. The molecule has 0 spiro atoms. The molecule has 1 saturated heterocycles. The first kappa shape index (κ1) is 17.2. The van der Waals surface area contributed by atoms with Crippen molar-refractivity contribution in [3.63, 3.8) is 0 Å². The summed E-state index contributed by atoms with van der Waals surface area (Å²) in [6.45, 7) is 3.20. The predicted octanol–water partition coefficient (Wildman–Crippen LogP) is 1.59. The van der Waals surface area contributed by atoms with Gasteiger partial charge < -0.3 is 15.2 Å². The van der Waals surface area contributed by atoms with E-state index >= 15 is 0 Å². The molecule has 3 rings (SSSR count). The Morgan fingerprint density at radius 1 is 1.20 bits per heavy atom. The fourth-order valence-corrected chi connectivity index (χ4v) is 3.24. The molecule has 2 heterocycles. The lowest BCUT2D eigenvalue weighted by Gasteiger charge is -2.29. The summed E-state index contributed by atoms with van der Waals surface area (Å²) in [6.07, 6.45) is 3.13. The van der Waals surface area contributed by atoms with Gasteiger partial charge in [0.1, 0.15) is 6.04 Å². The number of carbonyl (C=O) groups is 2. The number of rotatable bonds is 4. The molecule has 0 unspecified atom stereocenters. The number of nitrogens with one attached hydrogen (secondary N) is 2. The van der Waals surface area contributed by atoms with E-state index < -0.39 is 6.04 Å². The van der Waals surface area contributed by atoms with E-state index in [1.807, 2.05) is 24.3 Å². The minimum absolute atomic E-state index is 0.0439. The molecule has 1 aliphatic heterocycles. The highest BCUT2D eigenvalue weighted by Gasteiger charge is 2.23. The Morgan fingerprint density at radius 3 is 2.68 bits per heavy atom. The van der Waals surface area contributed by atoms with Crippen LogP contribution in [0.1, 0.15) is 31.7 Å². The zero-order valence-electron chi connectivity index (χ0n) is 14.4. The van der Waals surface area contributed by atoms with Gasteiger partial charge in [-0.3, -0.25) is 14.4 Å². The van der Waals surface area contributed by atoms with Gasteiger partial charge >= 0.3 is 0 Å². The second-order valence-corrected chi connectivity index (χ2v) is 6.56. The summed E-state index contributed by atoms with van der Waals surface area (Å²) in [7, 11) is 0. The number of amides is 2. The highest BCUT2D eigenvalue weighted by atomic mass is 16.2. The van der Waals surface area contributed by atoms with Crippen LogP contribution in [-0.4, -0.2) is 40.8 Å². The third-order valence-corrected chi connectivity index (χ3v) is 4.60. The minimum Gasteiger partial charge on any atom is -0.344 e. The van der Waals surface area contributed by atoms with Crippen LogP contribution in [0.25, 0.3) is 10.9 Å². The molecular formula is C19H23N3O3. The standard InChI is InChI=1S/C19H23N3O3/c1-13(19(25)22-9-5-2-6-10-22)20-17(23)12-15-11-14-7-3-4-8-16(14)21-18(15)24/h3-4,7-8,11,13H,2,5-6,9-10,12H2,1H3,(H,20,23)(H,21,24)/t13-/m1/s1. The van der Waals surface area contributed by atoms with Gasteiger partial charge in [-0.05, 0) is 43.7 Å². The van der Waals surface area contributed by atoms with Crippen LogP contribution in [0.2, 0.25) is 0 Å². The number of H-pyrrole nitrogens is 1. The van der Waals surface area contributed by atoms with Crippen molar-refractivity contribution in [2.24, 2.45) is 0 Å². The van der Waals surface area contributed by atoms with E-state index in [9.17, 15) is 14.4 Å². The predicted molar refractivity (Wildman–Crippen MR) is 96.3 cm³/mol. The van der Waals surface area contributed by atoms with Crippen molar-refractivity contribution in [2.75, 3.05) is 13.1 Å². The third-order valence-electron chi connectivity index (χ3n) is 4.60. The molecule has 2 N–H and O–H groups in total. The Hall–Kier alpha value is -2.63. The van der Waals surface area contributed by atoms with E-state index in [1.54, 1.807) is 17.9 Å². The van der Waals surface area contributed by atoms with Gasteiger partial charge in [0.2, 0.25) is 11.8 Å². The van der Waals surface area contributed by atoms with Gasteiger partial charge in [-0.2, -0.15) is 0 Å². The monoisotopic (exact) mass is 341 g/mol. The summed E-state index contributed by atoms with van der Waals surface area (Å²) >= 11 is 0. The van der Waals surface area contributed by atoms with Gasteiger partial charge in [0.05, 0.1) is 6.42 Å². The van der Waals surface area contributed by atoms with Gasteiger partial charge in [-0.15, -0.1) is 0 Å². The van der Waals surface area contributed by atoms with E-state index in [0.29, 0.717) is 5.56 Å². The first-order valence-electron chi connectivity index (χ1n) is 8.73. The Bertz CT molecular complexity index is 837. The summed E-state index contributed by atoms with van der Waals surface area (Å²) in [5.41, 5.74) is 0.864. The van der Waals surface area contributed by atoms with Crippen molar-refractivity contribution >= 4 is 22.7 Å². The molecule has 0 saturated carbocycles. The lowest BCUT2D eigenvalue weighted by atomic mass is 10.1. The van der Waals surface area contributed by atoms with Crippen LogP contribution in [0, 0.1) is 0 Å². The number of carbonyl (C=O) groups excluding carboxylic acids is 2. The Kier molecular flexibility index (Phi) is 5.16. The lowest BCUT2D eigenvalue weighted by molar-refractivity contribution is -0.136. The molecule has 1 aromatic heterocycles. The van der Waals surface area contributed by atoms with Crippen molar-refractivity contribution in [1.29, 1.82) is 0 Å². The second kappa shape index (κ2) is 7.51. The largest absolute Gasteiger partial charge is 0.344 e. The van der Waals surface area contributed by atoms with E-state index in [0.717, 1.165) is 43.3 Å². The van der Waals surface area contributed by atoms with Crippen LogP contribution in [0.3, 0.4) is 0 Å². The van der Waals surface area contributed by atoms with Crippen molar-refractivity contribution in [3.05, 3.63) is 46.2 Å². The van der Waals surface area contributed by atoms with Crippen molar-refractivity contribution in [2.45, 2.75) is 38.6 Å². The lowest BCUT2D eigenvalue weighted by Crippen LogP contribution is -2.49. The number of aromatic nitrogens is 1. The highest BCUT2D eigenvalue weighted by molar-refractivity contribution is 5.88. The number of pyridine rings is 1. The smallest absolute Gasteiger partial charge is 0.252 e. The molecule has 6 heteroatoms. The molecule has 0 aliphatic carbocycles. The first-order chi connectivity index (χ1) is 12.0. The number of nitrogens with zero attached hydrogens (tertiary/aromatic N) is 1. The zero-order chi connectivity index (χ0) is 17.8. The maximum absolute atomic E-state index is 12.4. The average Bonchev–Trinajstić information content (AvgIpc) is 2.62. The van der Waals surface area contributed by atoms with Gasteiger partial charge in [0.15, 0.2) is 0 Å². The molecule has 1 aromatic carbocycles. The summed E-state index contributed by atoms with van der Waals surface area (Å²) in [6, 6.07) is 8.58. The molecule has 2 aromatic rings. The summed E-state index contributed by atoms with van der Waals surface area (Å²) in [5.74, 6) is -0.376. The van der Waals surface area contributed by atoms with Crippen LogP contribution >= 0.6 is 0 Å². The van der Waals surface area contributed by atoms with Gasteiger partial charge in [-0.1, -0.05) is 18.2 Å². The number of piperidine rings is 1. The molecule has 132 valence electrons. The van der Waals surface area contributed by atoms with Gasteiger partial charge in [0.25, 0.3) is 5.56 Å². The molecule has 0 radical (unpaired) electrons. The number of benzene rings is 1. The number of hydrogen-bond acceptors (Lipinski definition) is 3. The fourth-order valence-electron chi connectivity index (χ4n) is 3.24. The quantitative estimate of drug-likeness (QED) is 0.886. The molecule has 25 heavy (non-hydrogen) atoms. The van der Waals surface area contributed by atoms with Gasteiger partial charge in [0, 0.05) is 24.2 Å². The third kappa shape index (κ3) is 4.07. The number of likely N-dealkylation sites (tertiary alicyclic amines) is 1. The number of para-hydroxylation sites is 1.